The number of ether oxygens (including phenoxy) is 2. The second-order valence-electron chi connectivity index (χ2n) is 8.85. The molecule has 5 rings (SSSR count). The topological polar surface area (TPSA) is 111 Å². The monoisotopic (exact) mass is 581 g/mol. The van der Waals surface area contributed by atoms with E-state index in [4.69, 9.17) is 14.3 Å². The molecule has 2 aliphatic heterocycles. The van der Waals surface area contributed by atoms with Crippen LogP contribution in [0.1, 0.15) is 24.9 Å². The van der Waals surface area contributed by atoms with Crippen LogP contribution in [0.5, 0.6) is 11.5 Å². The van der Waals surface area contributed by atoms with Crippen LogP contribution in [0.25, 0.3) is 0 Å². The number of hydrogen-bond donors (Lipinski definition) is 0. The van der Waals surface area contributed by atoms with Crippen LogP contribution in [0.4, 0.5) is 17.1 Å². The van der Waals surface area contributed by atoms with E-state index in [1.807, 2.05) is 6.92 Å². The number of halogens is 1. The number of carbonyl (C=O) groups is 2. The predicted molar refractivity (Wildman–Crippen MR) is 142 cm³/mol. The Balaban J connectivity index is 1.54. The molecule has 0 unspecified atom stereocenters. The molecule has 2 amide bonds. The Morgan fingerprint density at radius 1 is 1.03 bits per heavy atom. The zero-order valence-electron chi connectivity index (χ0n) is 20.6. The molecule has 2 fully saturated rings. The van der Waals surface area contributed by atoms with Gasteiger partial charge in [-0.05, 0) is 70.4 Å². The van der Waals surface area contributed by atoms with Crippen molar-refractivity contribution in [2.75, 3.05) is 23.7 Å². The van der Waals surface area contributed by atoms with E-state index in [1.54, 1.807) is 55.6 Å². The van der Waals surface area contributed by atoms with Gasteiger partial charge in [0, 0.05) is 12.1 Å². The molecule has 2 heterocycles. The summed E-state index contributed by atoms with van der Waals surface area (Å²) in [6.07, 6.45) is -0.251. The van der Waals surface area contributed by atoms with Gasteiger partial charge in [0.15, 0.2) is 6.10 Å². The van der Waals surface area contributed by atoms with Gasteiger partial charge in [-0.1, -0.05) is 19.1 Å². The SMILES string of the molecule is CCCOc1ccc(N2C(=O)[C@H]3[C@@H](c4ccc(OC)c(Br)c4)N(c4cccc([N+](=O)[O-])c4)O[C@H]3C2=O)cc1. The molecule has 11 heteroatoms. The van der Waals surface area contributed by atoms with Crippen molar-refractivity contribution in [3.8, 4) is 11.5 Å². The van der Waals surface area contributed by atoms with Crippen molar-refractivity contribution in [3.63, 3.8) is 0 Å². The van der Waals surface area contributed by atoms with Crippen molar-refractivity contribution in [3.05, 3.63) is 86.9 Å². The fourth-order valence-electron chi connectivity index (χ4n) is 4.75. The number of fused-ring (bicyclic) bond motifs is 1. The molecule has 0 aliphatic carbocycles. The number of nitrogens with zero attached hydrogens (tertiary/aromatic N) is 3. The predicted octanol–water partition coefficient (Wildman–Crippen LogP) is 5.21. The highest BCUT2D eigenvalue weighted by atomic mass is 79.9. The standard InChI is InChI=1S/C27H24BrN3O7/c1-3-13-37-20-10-8-17(9-11-20)29-26(32)23-24(16-7-12-22(36-2)21(28)14-16)30(38-25(23)27(29)33)18-5-4-6-19(15-18)31(34)35/h4-12,14-15,23-25H,3,13H2,1-2H3/t23-,24+,25+/m0/s1. The number of rotatable bonds is 8. The Kier molecular flexibility index (Phi) is 7.04. The van der Waals surface area contributed by atoms with E-state index in [0.29, 0.717) is 39.5 Å². The van der Waals surface area contributed by atoms with Gasteiger partial charge in [-0.15, -0.1) is 0 Å². The molecule has 0 spiro atoms. The van der Waals surface area contributed by atoms with Gasteiger partial charge < -0.3 is 9.47 Å². The summed E-state index contributed by atoms with van der Waals surface area (Å²) in [5.74, 6) is -0.589. The Morgan fingerprint density at radius 2 is 1.79 bits per heavy atom. The number of amides is 2. The molecule has 2 aliphatic rings. The van der Waals surface area contributed by atoms with Gasteiger partial charge in [0.2, 0.25) is 5.91 Å². The number of nitro groups is 1. The highest BCUT2D eigenvalue weighted by Crippen LogP contribution is 2.48. The lowest BCUT2D eigenvalue weighted by atomic mass is 9.90. The molecule has 38 heavy (non-hydrogen) atoms. The number of methoxy groups -OCH3 is 1. The van der Waals surface area contributed by atoms with Crippen LogP contribution in [0.15, 0.2) is 71.2 Å². The summed E-state index contributed by atoms with van der Waals surface area (Å²) in [5.41, 5.74) is 1.30. The first-order chi connectivity index (χ1) is 18.3. The summed E-state index contributed by atoms with van der Waals surface area (Å²) in [7, 11) is 1.54. The van der Waals surface area contributed by atoms with Crippen molar-refractivity contribution < 1.29 is 28.8 Å². The number of imide groups is 1. The number of hydroxylamine groups is 1. The molecular formula is C27H24BrN3O7. The van der Waals surface area contributed by atoms with Gasteiger partial charge >= 0.3 is 0 Å². The first-order valence-electron chi connectivity index (χ1n) is 12.0. The number of carbonyl (C=O) groups excluding carboxylic acids is 2. The largest absolute Gasteiger partial charge is 0.496 e. The third kappa shape index (κ3) is 4.48. The van der Waals surface area contributed by atoms with Gasteiger partial charge in [-0.3, -0.25) is 24.5 Å². The molecule has 0 N–H and O–H groups in total. The molecule has 0 radical (unpaired) electrons. The Bertz CT molecular complexity index is 1400. The van der Waals surface area contributed by atoms with Crippen molar-refractivity contribution in [2.24, 2.45) is 5.92 Å². The number of anilines is 2. The van der Waals surface area contributed by atoms with E-state index in [1.165, 1.54) is 23.3 Å². The summed E-state index contributed by atoms with van der Waals surface area (Å²) in [5, 5.41) is 12.8. The van der Waals surface area contributed by atoms with Gasteiger partial charge in [0.1, 0.15) is 17.4 Å². The molecular weight excluding hydrogens is 558 g/mol. The lowest BCUT2D eigenvalue weighted by molar-refractivity contribution is -0.384. The van der Waals surface area contributed by atoms with E-state index in [9.17, 15) is 19.7 Å². The van der Waals surface area contributed by atoms with E-state index in [0.717, 1.165) is 11.3 Å². The van der Waals surface area contributed by atoms with Crippen molar-refractivity contribution in [1.82, 2.24) is 0 Å². The average Bonchev–Trinajstić information content (AvgIpc) is 3.43. The second-order valence-corrected chi connectivity index (χ2v) is 9.70. The van der Waals surface area contributed by atoms with Gasteiger partial charge in [-0.2, -0.15) is 0 Å². The number of nitro benzene ring substituents is 1. The average molecular weight is 582 g/mol. The van der Waals surface area contributed by atoms with Crippen molar-refractivity contribution in [1.29, 1.82) is 0 Å². The van der Waals surface area contributed by atoms with Crippen molar-refractivity contribution in [2.45, 2.75) is 25.5 Å². The fourth-order valence-corrected chi connectivity index (χ4v) is 5.31. The quantitative estimate of drug-likeness (QED) is 0.202. The Labute approximate surface area is 226 Å². The zero-order valence-corrected chi connectivity index (χ0v) is 22.2. The van der Waals surface area contributed by atoms with E-state index < -0.39 is 34.8 Å². The molecule has 196 valence electrons. The minimum absolute atomic E-state index is 0.137. The van der Waals surface area contributed by atoms with Crippen molar-refractivity contribution >= 4 is 44.8 Å². The summed E-state index contributed by atoms with van der Waals surface area (Å²) in [6.45, 7) is 2.56. The minimum Gasteiger partial charge on any atom is -0.496 e. The van der Waals surface area contributed by atoms with E-state index in [2.05, 4.69) is 15.9 Å². The fraction of sp³-hybridized carbons (Fsp3) is 0.259. The van der Waals surface area contributed by atoms with Gasteiger partial charge in [-0.25, -0.2) is 9.96 Å². The van der Waals surface area contributed by atoms with Crippen LogP contribution >= 0.6 is 15.9 Å². The third-order valence-corrected chi connectivity index (χ3v) is 7.12. The molecule has 10 nitrogen and oxygen atoms in total. The van der Waals surface area contributed by atoms with Gasteiger partial charge in [0.25, 0.3) is 11.6 Å². The first kappa shape index (κ1) is 25.7. The zero-order chi connectivity index (χ0) is 27.0. The molecule has 0 aromatic heterocycles. The van der Waals surface area contributed by atoms with Crippen LogP contribution in [0.2, 0.25) is 0 Å². The smallest absolute Gasteiger partial charge is 0.271 e. The normalized spacial score (nSPS) is 20.6. The number of non-ortho nitro benzene ring substituents is 1. The van der Waals surface area contributed by atoms with E-state index in [-0.39, 0.29) is 5.69 Å². The molecule has 3 aromatic carbocycles. The lowest BCUT2D eigenvalue weighted by Crippen LogP contribution is -2.37. The van der Waals surface area contributed by atoms with Gasteiger partial charge in [0.05, 0.1) is 40.5 Å². The highest BCUT2D eigenvalue weighted by Gasteiger charge is 2.60. The maximum atomic E-state index is 13.8. The number of benzene rings is 3. The van der Waals surface area contributed by atoms with Crippen LogP contribution < -0.4 is 19.4 Å². The molecule has 0 saturated carbocycles. The highest BCUT2D eigenvalue weighted by molar-refractivity contribution is 9.10. The summed E-state index contributed by atoms with van der Waals surface area (Å²) in [4.78, 5) is 45.5. The third-order valence-electron chi connectivity index (χ3n) is 6.50. The number of hydrogen-bond acceptors (Lipinski definition) is 8. The maximum absolute atomic E-state index is 13.8. The second kappa shape index (κ2) is 10.4. The Hall–Kier alpha value is -3.96. The summed E-state index contributed by atoms with van der Waals surface area (Å²) >= 11 is 3.49. The Morgan fingerprint density at radius 3 is 2.45 bits per heavy atom. The van der Waals surface area contributed by atoms with Crippen LogP contribution in [0.3, 0.4) is 0 Å². The molecule has 2 saturated heterocycles. The minimum atomic E-state index is -1.11. The lowest BCUT2D eigenvalue weighted by Gasteiger charge is -2.29. The molecule has 3 atom stereocenters. The molecule has 3 aromatic rings. The molecule has 0 bridgehead atoms. The first-order valence-corrected chi connectivity index (χ1v) is 12.8. The summed E-state index contributed by atoms with van der Waals surface area (Å²) in [6, 6.07) is 17.2. The van der Waals surface area contributed by atoms with Crippen LogP contribution in [-0.4, -0.2) is 36.6 Å². The van der Waals surface area contributed by atoms with Crippen LogP contribution in [0, 0.1) is 16.0 Å². The summed E-state index contributed by atoms with van der Waals surface area (Å²) < 4.78 is 11.6. The van der Waals surface area contributed by atoms with Crippen LogP contribution in [-0.2, 0) is 14.4 Å². The maximum Gasteiger partial charge on any atom is 0.271 e. The van der Waals surface area contributed by atoms with E-state index >= 15 is 0 Å².